The molecule has 0 bridgehead atoms. The predicted molar refractivity (Wildman–Crippen MR) is 152 cm³/mol. The molecule has 0 heterocycles. The fraction of sp³-hybridized carbons (Fsp3) is 0.424. The zero-order chi connectivity index (χ0) is 27.6. The van der Waals surface area contributed by atoms with Crippen LogP contribution >= 0.6 is 0 Å². The van der Waals surface area contributed by atoms with Gasteiger partial charge in [-0.2, -0.15) is 0 Å². The van der Waals surface area contributed by atoms with Crippen molar-refractivity contribution in [2.45, 2.75) is 77.0 Å². The molecule has 3 aromatic carbocycles. The molecule has 0 saturated heterocycles. The molecule has 39 heavy (non-hydrogen) atoms. The Hall–Kier alpha value is -3.09. The summed E-state index contributed by atoms with van der Waals surface area (Å²) in [5, 5.41) is 17.3. The van der Waals surface area contributed by atoms with E-state index in [1.54, 1.807) is 6.07 Å². The SMILES string of the molecule is CCc1cccc(CNC[C@@H](O)[C@H](Cc2cc(F)cc(F)c2)NC(=O)c2cccc(CC3CCCCC3)c2)c1. The molecule has 4 nitrogen and oxygen atoms in total. The van der Waals surface area contributed by atoms with Crippen LogP contribution in [-0.2, 0) is 25.8 Å². The number of nitrogens with one attached hydrogen (secondary N) is 2. The number of benzene rings is 3. The van der Waals surface area contributed by atoms with Crippen LogP contribution in [0.5, 0.6) is 0 Å². The minimum absolute atomic E-state index is 0.0936. The van der Waals surface area contributed by atoms with Crippen molar-refractivity contribution in [3.05, 3.63) is 106 Å². The van der Waals surface area contributed by atoms with Crippen molar-refractivity contribution in [1.29, 1.82) is 0 Å². The Bertz CT molecular complexity index is 1210. The third-order valence-electron chi connectivity index (χ3n) is 7.68. The van der Waals surface area contributed by atoms with Gasteiger partial charge in [-0.15, -0.1) is 0 Å². The van der Waals surface area contributed by atoms with E-state index in [4.69, 9.17) is 0 Å². The second kappa shape index (κ2) is 14.3. The zero-order valence-corrected chi connectivity index (χ0v) is 22.8. The van der Waals surface area contributed by atoms with E-state index in [0.29, 0.717) is 23.6 Å². The number of aryl methyl sites for hydroxylation is 1. The Labute approximate surface area is 230 Å². The quantitative estimate of drug-likeness (QED) is 0.262. The van der Waals surface area contributed by atoms with Crippen LogP contribution in [0.25, 0.3) is 0 Å². The number of hydrogen-bond donors (Lipinski definition) is 3. The summed E-state index contributed by atoms with van der Waals surface area (Å²) < 4.78 is 27.8. The summed E-state index contributed by atoms with van der Waals surface area (Å²) in [6.45, 7) is 2.87. The number of aliphatic hydroxyl groups excluding tert-OH is 1. The van der Waals surface area contributed by atoms with Crippen LogP contribution in [-0.4, -0.2) is 29.7 Å². The molecule has 0 radical (unpaired) electrons. The van der Waals surface area contributed by atoms with Gasteiger partial charge in [0.2, 0.25) is 0 Å². The maximum atomic E-state index is 13.9. The molecular weight excluding hydrogens is 494 g/mol. The Morgan fingerprint density at radius 1 is 0.897 bits per heavy atom. The van der Waals surface area contributed by atoms with Crippen molar-refractivity contribution in [2.24, 2.45) is 5.92 Å². The lowest BCUT2D eigenvalue weighted by atomic mass is 9.84. The minimum Gasteiger partial charge on any atom is -0.390 e. The minimum atomic E-state index is -0.972. The lowest BCUT2D eigenvalue weighted by molar-refractivity contribution is 0.0829. The first kappa shape index (κ1) is 28.9. The molecule has 3 N–H and O–H groups in total. The molecule has 2 atom stereocenters. The summed E-state index contributed by atoms with van der Waals surface area (Å²) in [5.74, 6) is -1.03. The summed E-state index contributed by atoms with van der Waals surface area (Å²) in [4.78, 5) is 13.3. The lowest BCUT2D eigenvalue weighted by Crippen LogP contribution is -2.48. The molecule has 0 aliphatic heterocycles. The van der Waals surface area contributed by atoms with E-state index in [0.717, 1.165) is 30.0 Å². The van der Waals surface area contributed by atoms with Crippen LogP contribution < -0.4 is 10.6 Å². The number of hydrogen-bond acceptors (Lipinski definition) is 3. The summed E-state index contributed by atoms with van der Waals surface area (Å²) >= 11 is 0. The molecular formula is C33H40F2N2O2. The molecule has 6 heteroatoms. The molecule has 1 aliphatic rings. The first-order chi connectivity index (χ1) is 18.9. The molecule has 0 spiro atoms. The van der Waals surface area contributed by atoms with Crippen molar-refractivity contribution in [1.82, 2.24) is 10.6 Å². The maximum absolute atomic E-state index is 13.9. The molecule has 3 aromatic rings. The van der Waals surface area contributed by atoms with E-state index in [-0.39, 0.29) is 18.9 Å². The van der Waals surface area contributed by atoms with Gasteiger partial charge in [0.05, 0.1) is 12.1 Å². The van der Waals surface area contributed by atoms with Gasteiger partial charge >= 0.3 is 0 Å². The monoisotopic (exact) mass is 534 g/mol. The molecule has 1 fully saturated rings. The van der Waals surface area contributed by atoms with Crippen LogP contribution in [0.15, 0.2) is 66.7 Å². The summed E-state index contributed by atoms with van der Waals surface area (Å²) in [7, 11) is 0. The largest absolute Gasteiger partial charge is 0.390 e. The highest BCUT2D eigenvalue weighted by atomic mass is 19.1. The van der Waals surface area contributed by atoms with Gasteiger partial charge in [0.25, 0.3) is 5.91 Å². The molecule has 0 unspecified atom stereocenters. The molecule has 1 aliphatic carbocycles. The van der Waals surface area contributed by atoms with E-state index in [1.165, 1.54) is 49.8 Å². The molecule has 0 aromatic heterocycles. The summed E-state index contributed by atoms with van der Waals surface area (Å²) in [5.41, 5.74) is 4.37. The molecule has 1 saturated carbocycles. The van der Waals surface area contributed by atoms with Gasteiger partial charge < -0.3 is 15.7 Å². The maximum Gasteiger partial charge on any atom is 0.251 e. The molecule has 208 valence electrons. The third kappa shape index (κ3) is 8.97. The van der Waals surface area contributed by atoms with Gasteiger partial charge in [0.1, 0.15) is 11.6 Å². The Morgan fingerprint density at radius 3 is 2.33 bits per heavy atom. The number of halogens is 2. The van der Waals surface area contributed by atoms with Crippen molar-refractivity contribution in [3.63, 3.8) is 0 Å². The Balaban J connectivity index is 1.44. The van der Waals surface area contributed by atoms with Crippen molar-refractivity contribution in [2.75, 3.05) is 6.54 Å². The van der Waals surface area contributed by atoms with Crippen LogP contribution in [0.2, 0.25) is 0 Å². The van der Waals surface area contributed by atoms with Gasteiger partial charge in [-0.3, -0.25) is 4.79 Å². The second-order valence-electron chi connectivity index (χ2n) is 10.8. The average molecular weight is 535 g/mol. The smallest absolute Gasteiger partial charge is 0.251 e. The zero-order valence-electron chi connectivity index (χ0n) is 22.8. The van der Waals surface area contributed by atoms with Crippen molar-refractivity contribution >= 4 is 5.91 Å². The first-order valence-electron chi connectivity index (χ1n) is 14.2. The fourth-order valence-electron chi connectivity index (χ4n) is 5.55. The highest BCUT2D eigenvalue weighted by Crippen LogP contribution is 2.27. The van der Waals surface area contributed by atoms with Gasteiger partial charge in [-0.1, -0.05) is 75.4 Å². The van der Waals surface area contributed by atoms with Gasteiger partial charge in [0, 0.05) is 24.7 Å². The molecule has 1 amide bonds. The summed E-state index contributed by atoms with van der Waals surface area (Å²) in [6, 6.07) is 18.4. The van der Waals surface area contributed by atoms with Crippen molar-refractivity contribution < 1.29 is 18.7 Å². The van der Waals surface area contributed by atoms with E-state index in [9.17, 15) is 18.7 Å². The van der Waals surface area contributed by atoms with Gasteiger partial charge in [-0.25, -0.2) is 8.78 Å². The number of carbonyl (C=O) groups is 1. The number of carbonyl (C=O) groups excluding carboxylic acids is 1. The van der Waals surface area contributed by atoms with Crippen molar-refractivity contribution in [3.8, 4) is 0 Å². The third-order valence-corrected chi connectivity index (χ3v) is 7.68. The Kier molecular flexibility index (Phi) is 10.6. The van der Waals surface area contributed by atoms with Crippen LogP contribution in [0.4, 0.5) is 8.78 Å². The molecule has 4 rings (SSSR count). The lowest BCUT2D eigenvalue weighted by Gasteiger charge is -2.25. The topological polar surface area (TPSA) is 61.4 Å². The Morgan fingerprint density at radius 2 is 1.59 bits per heavy atom. The van der Waals surface area contributed by atoms with E-state index in [2.05, 4.69) is 35.8 Å². The average Bonchev–Trinajstić information content (AvgIpc) is 2.93. The number of amides is 1. The van der Waals surface area contributed by atoms with E-state index in [1.807, 2.05) is 24.3 Å². The second-order valence-corrected chi connectivity index (χ2v) is 10.8. The normalized spacial score (nSPS) is 15.6. The standard InChI is InChI=1S/C33H40F2N2O2/c1-2-23-10-6-12-26(14-23)21-36-22-32(38)31(19-27-17-29(34)20-30(35)18-27)37-33(39)28-13-7-11-25(16-28)15-24-8-4-3-5-9-24/h6-7,10-14,16-18,20,24,31-32,36,38H,2-5,8-9,15,19,21-22H2,1H3,(H,37,39)/t31-,32+/m0/s1. The van der Waals surface area contributed by atoms with Crippen LogP contribution in [0, 0.1) is 17.6 Å². The first-order valence-corrected chi connectivity index (χ1v) is 14.2. The number of aliphatic hydroxyl groups is 1. The van der Waals surface area contributed by atoms with Gasteiger partial charge in [0.15, 0.2) is 0 Å². The number of rotatable bonds is 12. The van der Waals surface area contributed by atoms with Crippen LogP contribution in [0.3, 0.4) is 0 Å². The van der Waals surface area contributed by atoms with E-state index < -0.39 is 23.8 Å². The fourth-order valence-corrected chi connectivity index (χ4v) is 5.55. The predicted octanol–water partition coefficient (Wildman–Crippen LogP) is 6.14. The highest BCUT2D eigenvalue weighted by Gasteiger charge is 2.23. The van der Waals surface area contributed by atoms with Gasteiger partial charge in [-0.05, 0) is 71.7 Å². The van der Waals surface area contributed by atoms with Crippen LogP contribution in [0.1, 0.15) is 71.6 Å². The summed E-state index contributed by atoms with van der Waals surface area (Å²) in [6.07, 6.45) is 7.31. The highest BCUT2D eigenvalue weighted by molar-refractivity contribution is 5.94. The van der Waals surface area contributed by atoms with E-state index >= 15 is 0 Å².